The van der Waals surface area contributed by atoms with Gasteiger partial charge in [-0.25, -0.2) is 9.97 Å². The van der Waals surface area contributed by atoms with Crippen molar-refractivity contribution >= 4 is 46.8 Å². The van der Waals surface area contributed by atoms with Gasteiger partial charge in [-0.1, -0.05) is 34.8 Å². The van der Waals surface area contributed by atoms with Gasteiger partial charge in [-0.15, -0.1) is 0 Å². The van der Waals surface area contributed by atoms with E-state index in [1.165, 1.54) is 6.20 Å². The number of benzene rings is 1. The van der Waals surface area contributed by atoms with Crippen LogP contribution in [-0.2, 0) is 4.74 Å². The molecule has 0 aliphatic rings. The van der Waals surface area contributed by atoms with E-state index in [1.54, 1.807) is 59.8 Å². The Labute approximate surface area is 165 Å². The lowest BCUT2D eigenvalue weighted by Gasteiger charge is -2.13. The van der Waals surface area contributed by atoms with Crippen LogP contribution in [0.2, 0.25) is 15.1 Å². The maximum absolute atomic E-state index is 6.30. The molecular weight excluding hydrogens is 397 g/mol. The minimum absolute atomic E-state index is 0.295. The van der Waals surface area contributed by atoms with Gasteiger partial charge in [0.15, 0.2) is 0 Å². The molecule has 1 aromatic carbocycles. The Balaban J connectivity index is 1.69. The molecule has 2 aromatic heterocycles. The fourth-order valence-corrected chi connectivity index (χ4v) is 2.71. The zero-order valence-corrected chi connectivity index (χ0v) is 15.7. The van der Waals surface area contributed by atoms with E-state index in [0.717, 1.165) is 5.56 Å². The molecule has 0 saturated carbocycles. The van der Waals surface area contributed by atoms with Crippen molar-refractivity contribution in [3.63, 3.8) is 0 Å². The summed E-state index contributed by atoms with van der Waals surface area (Å²) in [5.74, 6) is 1.04. The van der Waals surface area contributed by atoms with Crippen LogP contribution >= 0.6 is 34.8 Å². The largest absolute Gasteiger partial charge is 0.488 e. The van der Waals surface area contributed by atoms with E-state index in [2.05, 4.69) is 9.97 Å². The van der Waals surface area contributed by atoms with Gasteiger partial charge in [-0.05, 0) is 24.3 Å². The lowest BCUT2D eigenvalue weighted by atomic mass is 10.2. The predicted molar refractivity (Wildman–Crippen MR) is 104 cm³/mol. The Bertz CT molecular complexity index is 881. The molecule has 0 radical (unpaired) electrons. The first-order chi connectivity index (χ1) is 12.6. The van der Waals surface area contributed by atoms with Gasteiger partial charge in [0.1, 0.15) is 19.0 Å². The van der Waals surface area contributed by atoms with Crippen LogP contribution in [0.4, 0.5) is 0 Å². The summed E-state index contributed by atoms with van der Waals surface area (Å²) in [6.07, 6.45) is 8.42. The van der Waals surface area contributed by atoms with Gasteiger partial charge in [-0.3, -0.25) is 0 Å². The van der Waals surface area contributed by atoms with Crippen LogP contribution in [0.3, 0.4) is 0 Å². The average Bonchev–Trinajstić information content (AvgIpc) is 3.12. The van der Waals surface area contributed by atoms with Crippen molar-refractivity contribution in [2.24, 2.45) is 0 Å². The average molecular weight is 411 g/mol. The van der Waals surface area contributed by atoms with Crippen molar-refractivity contribution in [1.29, 1.82) is 0 Å². The second-order valence-corrected chi connectivity index (χ2v) is 6.42. The predicted octanol–water partition coefficient (Wildman–Crippen LogP) is 5.29. The van der Waals surface area contributed by atoms with Gasteiger partial charge in [-0.2, -0.15) is 0 Å². The second kappa shape index (κ2) is 8.94. The topological polar surface area (TPSA) is 49.2 Å². The van der Waals surface area contributed by atoms with Gasteiger partial charge in [0.25, 0.3) is 0 Å². The van der Waals surface area contributed by atoms with Gasteiger partial charge < -0.3 is 14.0 Å². The molecule has 0 atom stereocenters. The molecule has 0 amide bonds. The minimum Gasteiger partial charge on any atom is -0.488 e. The van der Waals surface area contributed by atoms with E-state index in [1.807, 2.05) is 0 Å². The van der Waals surface area contributed by atoms with E-state index < -0.39 is 0 Å². The van der Waals surface area contributed by atoms with Crippen molar-refractivity contribution in [3.05, 3.63) is 75.9 Å². The summed E-state index contributed by atoms with van der Waals surface area (Å²) in [6.45, 7) is 0.602. The first-order valence-corrected chi connectivity index (χ1v) is 8.77. The van der Waals surface area contributed by atoms with Crippen LogP contribution in [0.5, 0.6) is 5.88 Å². The Kier molecular flexibility index (Phi) is 6.39. The lowest BCUT2D eigenvalue weighted by Crippen LogP contribution is -2.07. The lowest BCUT2D eigenvalue weighted by molar-refractivity contribution is 0.191. The van der Waals surface area contributed by atoms with E-state index >= 15 is 0 Å². The maximum atomic E-state index is 6.30. The van der Waals surface area contributed by atoms with Gasteiger partial charge in [0.2, 0.25) is 5.88 Å². The van der Waals surface area contributed by atoms with Gasteiger partial charge >= 0.3 is 0 Å². The summed E-state index contributed by atoms with van der Waals surface area (Å²) in [4.78, 5) is 8.08. The second-order valence-electron chi connectivity index (χ2n) is 5.14. The summed E-state index contributed by atoms with van der Waals surface area (Å²) in [5, 5.41) is 1.60. The highest BCUT2D eigenvalue weighted by Crippen LogP contribution is 2.28. The molecule has 0 spiro atoms. The van der Waals surface area contributed by atoms with Gasteiger partial charge in [0, 0.05) is 35.2 Å². The van der Waals surface area contributed by atoms with Crippen molar-refractivity contribution in [3.8, 4) is 5.88 Å². The molecule has 0 saturated heterocycles. The van der Waals surface area contributed by atoms with Crippen LogP contribution < -0.4 is 4.74 Å². The molecule has 0 fully saturated rings. The molecule has 0 N–H and O–H groups in total. The number of rotatable bonds is 7. The highest BCUT2D eigenvalue weighted by molar-refractivity contribution is 6.35. The summed E-state index contributed by atoms with van der Waals surface area (Å²) < 4.78 is 13.2. The van der Waals surface area contributed by atoms with E-state index in [0.29, 0.717) is 39.9 Å². The highest BCUT2D eigenvalue weighted by atomic mass is 35.5. The Morgan fingerprint density at radius 2 is 1.92 bits per heavy atom. The zero-order valence-electron chi connectivity index (χ0n) is 13.5. The summed E-state index contributed by atoms with van der Waals surface area (Å²) >= 11 is 18.1. The summed E-state index contributed by atoms with van der Waals surface area (Å²) in [7, 11) is 0. The molecule has 26 heavy (non-hydrogen) atoms. The van der Waals surface area contributed by atoms with E-state index in [-0.39, 0.29) is 0 Å². The molecule has 0 unspecified atom stereocenters. The quantitative estimate of drug-likeness (QED) is 0.392. The van der Waals surface area contributed by atoms with Gasteiger partial charge in [0.05, 0.1) is 22.6 Å². The molecule has 3 aromatic rings. The highest BCUT2D eigenvalue weighted by Gasteiger charge is 2.10. The zero-order chi connectivity index (χ0) is 18.4. The number of hydrogen-bond donors (Lipinski definition) is 0. The Hall–Kier alpha value is -2.21. The van der Waals surface area contributed by atoms with E-state index in [4.69, 9.17) is 44.3 Å². The maximum Gasteiger partial charge on any atom is 0.213 e. The van der Waals surface area contributed by atoms with Crippen molar-refractivity contribution in [2.75, 3.05) is 13.2 Å². The van der Waals surface area contributed by atoms with Crippen molar-refractivity contribution in [1.82, 2.24) is 14.5 Å². The molecule has 134 valence electrons. The number of halogens is 3. The minimum atomic E-state index is 0.295. The van der Waals surface area contributed by atoms with Crippen LogP contribution in [0, 0.1) is 0 Å². The molecule has 2 heterocycles. The number of nitrogens with zero attached hydrogens (tertiary/aromatic N) is 3. The van der Waals surface area contributed by atoms with Crippen LogP contribution in [0.15, 0.2) is 55.2 Å². The first kappa shape index (κ1) is 18.6. The molecule has 0 aliphatic heterocycles. The molecular formula is C18H14Cl3N3O2. The third-order valence-electron chi connectivity index (χ3n) is 3.28. The molecule has 3 rings (SSSR count). The Morgan fingerprint density at radius 1 is 1.08 bits per heavy atom. The van der Waals surface area contributed by atoms with E-state index in [9.17, 15) is 0 Å². The SMILES string of the molecule is Clc1ccc(OCCOC(=Cn2ccnc2)c2ccc(Cl)cc2Cl)nc1. The summed E-state index contributed by atoms with van der Waals surface area (Å²) in [5.41, 5.74) is 0.717. The van der Waals surface area contributed by atoms with Crippen LogP contribution in [-0.4, -0.2) is 27.7 Å². The fourth-order valence-electron chi connectivity index (χ4n) is 2.10. The third kappa shape index (κ3) is 5.14. The third-order valence-corrected chi connectivity index (χ3v) is 4.05. The standard InChI is InChI=1S/C18H14Cl3N3O2/c19-13-1-3-15(16(21)9-13)17(11-24-6-5-22-12-24)25-7-8-26-18-4-2-14(20)10-23-18/h1-6,9-12H,7-8H2. The number of imidazole rings is 1. The summed E-state index contributed by atoms with van der Waals surface area (Å²) in [6, 6.07) is 8.62. The monoisotopic (exact) mass is 409 g/mol. The number of hydrogen-bond acceptors (Lipinski definition) is 4. The molecule has 5 nitrogen and oxygen atoms in total. The smallest absolute Gasteiger partial charge is 0.213 e. The number of pyridine rings is 1. The van der Waals surface area contributed by atoms with Crippen molar-refractivity contribution in [2.45, 2.75) is 0 Å². The van der Waals surface area contributed by atoms with Crippen LogP contribution in [0.25, 0.3) is 12.0 Å². The number of aromatic nitrogens is 3. The number of ether oxygens (including phenoxy) is 2. The van der Waals surface area contributed by atoms with Crippen LogP contribution in [0.1, 0.15) is 5.56 Å². The fraction of sp³-hybridized carbons (Fsp3) is 0.111. The molecule has 0 aliphatic carbocycles. The Morgan fingerprint density at radius 3 is 2.62 bits per heavy atom. The normalized spacial score (nSPS) is 11.4. The first-order valence-electron chi connectivity index (χ1n) is 7.63. The molecule has 0 bridgehead atoms. The molecule has 8 heteroatoms. The van der Waals surface area contributed by atoms with Crippen molar-refractivity contribution < 1.29 is 9.47 Å².